The van der Waals surface area contributed by atoms with E-state index in [0.29, 0.717) is 5.56 Å². The molecule has 1 N–H and O–H groups in total. The van der Waals surface area contributed by atoms with Gasteiger partial charge in [0, 0.05) is 24.8 Å². The maximum absolute atomic E-state index is 12.8. The van der Waals surface area contributed by atoms with Crippen LogP contribution in [-0.4, -0.2) is 32.9 Å². The van der Waals surface area contributed by atoms with Crippen molar-refractivity contribution >= 4 is 21.6 Å². The van der Waals surface area contributed by atoms with Gasteiger partial charge in [-0.05, 0) is 48.0 Å². The first kappa shape index (κ1) is 22.2. The summed E-state index contributed by atoms with van der Waals surface area (Å²) in [5.41, 5.74) is 1.28. The summed E-state index contributed by atoms with van der Waals surface area (Å²) >= 11 is 0. The molecular formula is C22H20F2N2O4S. The molecule has 3 aromatic carbocycles. The van der Waals surface area contributed by atoms with Gasteiger partial charge in [-0.2, -0.15) is 8.78 Å². The predicted molar refractivity (Wildman–Crippen MR) is 113 cm³/mol. The second-order valence-corrected chi connectivity index (χ2v) is 8.37. The standard InChI is InChI=1S/C22H20F2N2O4S/c1-26(15-16-10-12-19(13-11-16)30-22(23)24)21(27)17-6-5-7-18(14-17)25-31(28,29)20-8-3-2-4-9-20/h2-14,22,25H,15H2,1H3. The zero-order valence-corrected chi connectivity index (χ0v) is 17.4. The smallest absolute Gasteiger partial charge is 0.387 e. The summed E-state index contributed by atoms with van der Waals surface area (Å²) in [6.45, 7) is -2.67. The molecule has 0 radical (unpaired) electrons. The zero-order valence-electron chi connectivity index (χ0n) is 16.5. The van der Waals surface area contributed by atoms with Gasteiger partial charge in [0.25, 0.3) is 15.9 Å². The van der Waals surface area contributed by atoms with Crippen LogP contribution < -0.4 is 9.46 Å². The molecule has 0 aliphatic carbocycles. The molecule has 0 aliphatic heterocycles. The van der Waals surface area contributed by atoms with E-state index in [1.54, 1.807) is 55.6 Å². The van der Waals surface area contributed by atoms with E-state index in [-0.39, 0.29) is 28.8 Å². The van der Waals surface area contributed by atoms with Gasteiger partial charge >= 0.3 is 6.61 Å². The van der Waals surface area contributed by atoms with Gasteiger partial charge in [0.15, 0.2) is 0 Å². The van der Waals surface area contributed by atoms with Crippen molar-refractivity contribution in [2.75, 3.05) is 11.8 Å². The summed E-state index contributed by atoms with van der Waals surface area (Å²) in [6.07, 6.45) is 0. The van der Waals surface area contributed by atoms with E-state index < -0.39 is 16.6 Å². The monoisotopic (exact) mass is 446 g/mol. The van der Waals surface area contributed by atoms with Gasteiger partial charge in [-0.3, -0.25) is 9.52 Å². The highest BCUT2D eigenvalue weighted by molar-refractivity contribution is 7.92. The molecule has 3 aromatic rings. The van der Waals surface area contributed by atoms with Crippen molar-refractivity contribution < 1.29 is 26.7 Å². The fourth-order valence-corrected chi connectivity index (χ4v) is 3.94. The van der Waals surface area contributed by atoms with Crippen LogP contribution >= 0.6 is 0 Å². The molecular weight excluding hydrogens is 426 g/mol. The molecule has 0 spiro atoms. The van der Waals surface area contributed by atoms with E-state index in [9.17, 15) is 22.0 Å². The van der Waals surface area contributed by atoms with Crippen molar-refractivity contribution in [1.29, 1.82) is 0 Å². The number of hydrogen-bond acceptors (Lipinski definition) is 4. The van der Waals surface area contributed by atoms with Crippen LogP contribution in [0.4, 0.5) is 14.5 Å². The highest BCUT2D eigenvalue weighted by atomic mass is 32.2. The lowest BCUT2D eigenvalue weighted by Gasteiger charge is -2.18. The Bertz CT molecular complexity index is 1140. The van der Waals surface area contributed by atoms with Gasteiger partial charge in [0.1, 0.15) is 5.75 Å². The molecule has 162 valence electrons. The van der Waals surface area contributed by atoms with Crippen molar-refractivity contribution in [3.05, 3.63) is 90.0 Å². The van der Waals surface area contributed by atoms with Crippen molar-refractivity contribution in [3.63, 3.8) is 0 Å². The summed E-state index contributed by atoms with van der Waals surface area (Å²) in [7, 11) is -2.19. The van der Waals surface area contributed by atoms with Gasteiger partial charge in [-0.15, -0.1) is 0 Å². The van der Waals surface area contributed by atoms with E-state index in [0.717, 1.165) is 5.56 Å². The topological polar surface area (TPSA) is 75.7 Å². The number of ether oxygens (including phenoxy) is 1. The van der Waals surface area contributed by atoms with Crippen molar-refractivity contribution in [3.8, 4) is 5.75 Å². The minimum absolute atomic E-state index is 0.0335. The Kier molecular flexibility index (Phi) is 6.86. The number of rotatable bonds is 8. The maximum atomic E-state index is 12.8. The molecule has 1 amide bonds. The number of nitrogens with zero attached hydrogens (tertiary/aromatic N) is 1. The van der Waals surface area contributed by atoms with E-state index >= 15 is 0 Å². The molecule has 6 nitrogen and oxygen atoms in total. The molecule has 0 unspecified atom stereocenters. The number of benzene rings is 3. The molecule has 0 saturated carbocycles. The summed E-state index contributed by atoms with van der Waals surface area (Å²) < 4.78 is 56.2. The fraction of sp³-hybridized carbons (Fsp3) is 0.136. The number of amides is 1. The number of halogens is 2. The predicted octanol–water partition coefficient (Wildman–Crippen LogP) is 4.36. The highest BCUT2D eigenvalue weighted by Crippen LogP contribution is 2.19. The van der Waals surface area contributed by atoms with Gasteiger partial charge in [-0.25, -0.2) is 8.42 Å². The molecule has 31 heavy (non-hydrogen) atoms. The van der Waals surface area contributed by atoms with E-state index in [1.807, 2.05) is 0 Å². The van der Waals surface area contributed by atoms with Gasteiger partial charge in [0.2, 0.25) is 0 Å². The number of hydrogen-bond donors (Lipinski definition) is 1. The van der Waals surface area contributed by atoms with Crippen LogP contribution in [-0.2, 0) is 16.6 Å². The van der Waals surface area contributed by atoms with Crippen molar-refractivity contribution in [2.24, 2.45) is 0 Å². The van der Waals surface area contributed by atoms with Gasteiger partial charge in [0.05, 0.1) is 4.90 Å². The maximum Gasteiger partial charge on any atom is 0.387 e. The molecule has 3 rings (SSSR count). The Hall–Kier alpha value is -3.46. The number of alkyl halides is 2. The third kappa shape index (κ3) is 6.02. The lowest BCUT2D eigenvalue weighted by atomic mass is 10.1. The van der Waals surface area contributed by atoms with Crippen LogP contribution in [0.1, 0.15) is 15.9 Å². The number of nitrogens with one attached hydrogen (secondary N) is 1. The molecule has 0 aromatic heterocycles. The first-order valence-corrected chi connectivity index (χ1v) is 10.7. The Morgan fingerprint density at radius 2 is 1.68 bits per heavy atom. The lowest BCUT2D eigenvalue weighted by Crippen LogP contribution is -2.26. The van der Waals surface area contributed by atoms with Crippen LogP contribution in [0.25, 0.3) is 0 Å². The average molecular weight is 446 g/mol. The summed E-state index contributed by atoms with van der Waals surface area (Å²) in [5, 5.41) is 0. The third-order valence-electron chi connectivity index (χ3n) is 4.33. The Labute approximate surface area is 179 Å². The number of carbonyl (C=O) groups is 1. The van der Waals surface area contributed by atoms with Gasteiger partial charge < -0.3 is 9.64 Å². The minimum atomic E-state index is -3.78. The van der Waals surface area contributed by atoms with E-state index in [4.69, 9.17) is 0 Å². The second kappa shape index (κ2) is 9.57. The first-order chi connectivity index (χ1) is 14.7. The molecule has 0 aliphatic rings. The Morgan fingerprint density at radius 3 is 2.32 bits per heavy atom. The SMILES string of the molecule is CN(Cc1ccc(OC(F)F)cc1)C(=O)c1cccc(NS(=O)(=O)c2ccccc2)c1. The first-order valence-electron chi connectivity index (χ1n) is 9.22. The summed E-state index contributed by atoms with van der Waals surface area (Å²) in [6, 6.07) is 20.1. The summed E-state index contributed by atoms with van der Waals surface area (Å²) in [4.78, 5) is 14.3. The molecule has 0 heterocycles. The quantitative estimate of drug-likeness (QED) is 0.558. The lowest BCUT2D eigenvalue weighted by molar-refractivity contribution is -0.0498. The highest BCUT2D eigenvalue weighted by Gasteiger charge is 2.16. The summed E-state index contributed by atoms with van der Waals surface area (Å²) in [5.74, 6) is -0.292. The van der Waals surface area contributed by atoms with E-state index in [1.165, 1.54) is 35.2 Å². The molecule has 0 bridgehead atoms. The molecule has 0 atom stereocenters. The van der Waals surface area contributed by atoms with Crippen molar-refractivity contribution in [1.82, 2.24) is 4.90 Å². The minimum Gasteiger partial charge on any atom is -0.435 e. The second-order valence-electron chi connectivity index (χ2n) is 6.68. The van der Waals surface area contributed by atoms with Crippen molar-refractivity contribution in [2.45, 2.75) is 18.1 Å². The zero-order chi connectivity index (χ0) is 22.4. The van der Waals surface area contributed by atoms with Crippen LogP contribution in [0, 0.1) is 0 Å². The largest absolute Gasteiger partial charge is 0.435 e. The van der Waals surface area contributed by atoms with Gasteiger partial charge in [-0.1, -0.05) is 36.4 Å². The molecule has 9 heteroatoms. The Morgan fingerprint density at radius 1 is 1.00 bits per heavy atom. The third-order valence-corrected chi connectivity index (χ3v) is 5.73. The molecule has 0 saturated heterocycles. The van der Waals surface area contributed by atoms with Crippen LogP contribution in [0.2, 0.25) is 0 Å². The van der Waals surface area contributed by atoms with Crippen LogP contribution in [0.3, 0.4) is 0 Å². The van der Waals surface area contributed by atoms with Crippen LogP contribution in [0.5, 0.6) is 5.75 Å². The number of anilines is 1. The Balaban J connectivity index is 1.69. The average Bonchev–Trinajstić information content (AvgIpc) is 2.74. The number of carbonyl (C=O) groups excluding carboxylic acids is 1. The van der Waals surface area contributed by atoms with E-state index in [2.05, 4.69) is 9.46 Å². The normalized spacial score (nSPS) is 11.2. The fourth-order valence-electron chi connectivity index (χ4n) is 2.87. The van der Waals surface area contributed by atoms with Crippen LogP contribution in [0.15, 0.2) is 83.8 Å². The number of sulfonamides is 1. The molecule has 0 fully saturated rings.